The monoisotopic (exact) mass is 367 g/mol. The van der Waals surface area contributed by atoms with Crippen LogP contribution in [0.4, 0.5) is 13.2 Å². The van der Waals surface area contributed by atoms with Gasteiger partial charge in [-0.2, -0.15) is 23.3 Å². The highest BCUT2D eigenvalue weighted by molar-refractivity contribution is 5.93. The van der Waals surface area contributed by atoms with E-state index >= 15 is 0 Å². The van der Waals surface area contributed by atoms with E-state index in [0.717, 1.165) is 0 Å². The lowest BCUT2D eigenvalue weighted by Crippen LogP contribution is -2.28. The number of alkyl halides is 3. The first-order valence-electron chi connectivity index (χ1n) is 7.71. The largest absolute Gasteiger partial charge is 0.471 e. The fourth-order valence-corrected chi connectivity index (χ4v) is 2.82. The molecule has 1 amide bonds. The molecule has 3 aromatic rings. The minimum absolute atomic E-state index is 0.0501. The first kappa shape index (κ1) is 16.4. The van der Waals surface area contributed by atoms with Crippen molar-refractivity contribution in [1.29, 1.82) is 0 Å². The van der Waals surface area contributed by atoms with Gasteiger partial charge in [0.05, 0.1) is 6.26 Å². The minimum atomic E-state index is -4.68. The maximum atomic E-state index is 12.6. The zero-order valence-electron chi connectivity index (χ0n) is 13.2. The lowest BCUT2D eigenvalue weighted by Gasteiger charge is -2.13. The van der Waals surface area contributed by atoms with Crippen molar-refractivity contribution in [2.45, 2.75) is 18.5 Å². The van der Waals surface area contributed by atoms with E-state index in [1.807, 2.05) is 0 Å². The molecule has 4 heterocycles. The molecule has 26 heavy (non-hydrogen) atoms. The second kappa shape index (κ2) is 6.00. The van der Waals surface area contributed by atoms with Crippen LogP contribution in [0.2, 0.25) is 0 Å². The predicted octanol–water partition coefficient (Wildman–Crippen LogP) is 2.70. The van der Waals surface area contributed by atoms with Gasteiger partial charge in [0.25, 0.3) is 5.91 Å². The summed E-state index contributed by atoms with van der Waals surface area (Å²) in [5.74, 6) is -1.63. The Kier molecular flexibility index (Phi) is 3.78. The molecule has 1 saturated heterocycles. The molecule has 1 unspecified atom stereocenters. The number of carbonyl (C=O) groups excluding carboxylic acids is 1. The molecule has 11 heteroatoms. The molecule has 136 valence electrons. The van der Waals surface area contributed by atoms with Gasteiger partial charge in [-0.3, -0.25) is 9.89 Å². The molecule has 0 saturated carbocycles. The third-order valence-corrected chi connectivity index (χ3v) is 4.11. The lowest BCUT2D eigenvalue weighted by atomic mass is 10.1. The number of aromatic nitrogens is 4. The van der Waals surface area contributed by atoms with Crippen LogP contribution in [-0.2, 0) is 6.18 Å². The fraction of sp³-hybridized carbons (Fsp3) is 0.333. The Morgan fingerprint density at radius 1 is 1.38 bits per heavy atom. The molecule has 8 nitrogen and oxygen atoms in total. The molecule has 0 radical (unpaired) electrons. The molecule has 1 fully saturated rings. The molecule has 0 spiro atoms. The van der Waals surface area contributed by atoms with Gasteiger partial charge in [-0.1, -0.05) is 5.16 Å². The number of H-pyrrole nitrogens is 1. The number of aromatic amines is 1. The van der Waals surface area contributed by atoms with Crippen LogP contribution in [-0.4, -0.2) is 44.2 Å². The highest BCUT2D eigenvalue weighted by Crippen LogP contribution is 2.31. The number of carbonyl (C=O) groups is 1. The van der Waals surface area contributed by atoms with Gasteiger partial charge in [0.15, 0.2) is 17.3 Å². The van der Waals surface area contributed by atoms with Gasteiger partial charge < -0.3 is 13.8 Å². The van der Waals surface area contributed by atoms with Crippen molar-refractivity contribution >= 4 is 5.91 Å². The van der Waals surface area contributed by atoms with E-state index in [0.29, 0.717) is 24.4 Å². The Bertz CT molecular complexity index is 915. The highest BCUT2D eigenvalue weighted by atomic mass is 19.4. The van der Waals surface area contributed by atoms with E-state index < -0.39 is 18.0 Å². The summed E-state index contributed by atoms with van der Waals surface area (Å²) < 4.78 is 47.1. The van der Waals surface area contributed by atoms with Gasteiger partial charge in [-0.05, 0) is 18.6 Å². The van der Waals surface area contributed by atoms with Gasteiger partial charge in [-0.15, -0.1) is 0 Å². The average Bonchev–Trinajstić information content (AvgIpc) is 3.41. The molecule has 1 N–H and O–H groups in total. The topological polar surface area (TPSA) is 101 Å². The van der Waals surface area contributed by atoms with E-state index in [9.17, 15) is 18.0 Å². The van der Waals surface area contributed by atoms with Crippen LogP contribution in [0.5, 0.6) is 0 Å². The third-order valence-electron chi connectivity index (χ3n) is 4.11. The standard InChI is InChI=1S/C15H12F3N5O3/c16-15(17,18)14-19-12(22-26-14)8-3-4-23(7-8)13(24)10-6-9(20-21-10)11-2-1-5-25-11/h1-2,5-6,8H,3-4,7H2,(H,20,21). The lowest BCUT2D eigenvalue weighted by molar-refractivity contribution is -0.159. The van der Waals surface area contributed by atoms with E-state index in [4.69, 9.17) is 4.42 Å². The summed E-state index contributed by atoms with van der Waals surface area (Å²) in [5, 5.41) is 10.1. The predicted molar refractivity (Wildman–Crippen MR) is 78.9 cm³/mol. The zero-order valence-corrected chi connectivity index (χ0v) is 13.2. The SMILES string of the molecule is O=C(c1cc(-c2ccco2)[nH]n1)N1CCC(c2noc(C(F)(F)F)n2)C1. The van der Waals surface area contributed by atoms with Crippen LogP contribution < -0.4 is 0 Å². The number of nitrogens with zero attached hydrogens (tertiary/aromatic N) is 4. The summed E-state index contributed by atoms with van der Waals surface area (Å²) in [5.41, 5.74) is 0.753. The number of amides is 1. The Labute approximate surface area is 144 Å². The molecule has 3 aromatic heterocycles. The molecule has 0 aliphatic carbocycles. The maximum Gasteiger partial charge on any atom is 0.471 e. The van der Waals surface area contributed by atoms with Gasteiger partial charge in [-0.25, -0.2) is 0 Å². The first-order valence-corrected chi connectivity index (χ1v) is 7.71. The van der Waals surface area contributed by atoms with E-state index in [1.165, 1.54) is 11.2 Å². The Hall–Kier alpha value is -3.11. The van der Waals surface area contributed by atoms with Crippen molar-refractivity contribution in [2.24, 2.45) is 0 Å². The number of furan rings is 1. The summed E-state index contributed by atoms with van der Waals surface area (Å²) in [6, 6.07) is 5.00. The van der Waals surface area contributed by atoms with Crippen LogP contribution >= 0.6 is 0 Å². The molecular weight excluding hydrogens is 355 g/mol. The Balaban J connectivity index is 1.45. The minimum Gasteiger partial charge on any atom is -0.463 e. The van der Waals surface area contributed by atoms with Gasteiger partial charge in [0, 0.05) is 25.1 Å². The molecule has 4 rings (SSSR count). The van der Waals surface area contributed by atoms with Crippen LogP contribution in [0.25, 0.3) is 11.5 Å². The van der Waals surface area contributed by atoms with Crippen LogP contribution in [0.15, 0.2) is 33.4 Å². The van der Waals surface area contributed by atoms with E-state index in [-0.39, 0.29) is 24.0 Å². The Morgan fingerprint density at radius 3 is 2.92 bits per heavy atom. The van der Waals surface area contributed by atoms with Gasteiger partial charge >= 0.3 is 12.1 Å². The first-order chi connectivity index (χ1) is 12.4. The average molecular weight is 367 g/mol. The number of likely N-dealkylation sites (tertiary alicyclic amines) is 1. The van der Waals surface area contributed by atoms with Crippen LogP contribution in [0.1, 0.15) is 34.5 Å². The van der Waals surface area contributed by atoms with E-state index in [2.05, 4.69) is 24.9 Å². The molecular formula is C15H12F3N5O3. The molecule has 1 aliphatic heterocycles. The number of rotatable bonds is 3. The summed E-state index contributed by atoms with van der Waals surface area (Å²) in [7, 11) is 0. The maximum absolute atomic E-state index is 12.6. The Morgan fingerprint density at radius 2 is 2.23 bits per heavy atom. The summed E-state index contributed by atoms with van der Waals surface area (Å²) in [6.07, 6.45) is -2.74. The van der Waals surface area contributed by atoms with Crippen LogP contribution in [0.3, 0.4) is 0 Å². The normalized spacial score (nSPS) is 17.8. The van der Waals surface area contributed by atoms with Crippen molar-refractivity contribution in [3.05, 3.63) is 41.9 Å². The number of hydrogen-bond acceptors (Lipinski definition) is 6. The molecule has 1 aliphatic rings. The number of nitrogens with one attached hydrogen (secondary N) is 1. The summed E-state index contributed by atoms with van der Waals surface area (Å²) >= 11 is 0. The van der Waals surface area contributed by atoms with Crippen LogP contribution in [0, 0.1) is 0 Å². The third kappa shape index (κ3) is 2.95. The van der Waals surface area contributed by atoms with Crippen molar-refractivity contribution in [2.75, 3.05) is 13.1 Å². The van der Waals surface area contributed by atoms with Crippen molar-refractivity contribution < 1.29 is 26.9 Å². The molecule has 0 bridgehead atoms. The summed E-state index contributed by atoms with van der Waals surface area (Å²) in [4.78, 5) is 17.4. The summed E-state index contributed by atoms with van der Waals surface area (Å²) in [6.45, 7) is 0.556. The molecule has 1 atom stereocenters. The van der Waals surface area contributed by atoms with Crippen molar-refractivity contribution in [3.8, 4) is 11.5 Å². The second-order valence-electron chi connectivity index (χ2n) is 5.84. The zero-order chi connectivity index (χ0) is 18.3. The van der Waals surface area contributed by atoms with Gasteiger partial charge in [0.2, 0.25) is 0 Å². The van der Waals surface area contributed by atoms with Crippen molar-refractivity contribution in [1.82, 2.24) is 25.2 Å². The highest BCUT2D eigenvalue weighted by Gasteiger charge is 2.40. The van der Waals surface area contributed by atoms with Crippen molar-refractivity contribution in [3.63, 3.8) is 0 Å². The quantitative estimate of drug-likeness (QED) is 0.764. The van der Waals surface area contributed by atoms with Gasteiger partial charge in [0.1, 0.15) is 5.69 Å². The van der Waals surface area contributed by atoms with E-state index in [1.54, 1.807) is 18.2 Å². The second-order valence-corrected chi connectivity index (χ2v) is 5.84. The smallest absolute Gasteiger partial charge is 0.463 e. The number of hydrogen-bond donors (Lipinski definition) is 1. The number of halogens is 3. The fourth-order valence-electron chi connectivity index (χ4n) is 2.82. The molecule has 0 aromatic carbocycles.